The van der Waals surface area contributed by atoms with Crippen LogP contribution in [0.3, 0.4) is 0 Å². The summed E-state index contributed by atoms with van der Waals surface area (Å²) >= 11 is 0. The molecule has 5 rings (SSSR count). The molecule has 2 atom stereocenters. The number of carboxylic acid groups (broad SMARTS) is 1. The maximum atomic E-state index is 12.8. The number of ether oxygens (including phenoxy) is 2. The summed E-state index contributed by atoms with van der Waals surface area (Å²) < 4.78 is 54.8. The van der Waals surface area contributed by atoms with Crippen molar-refractivity contribution in [2.45, 2.75) is 50.4 Å². The van der Waals surface area contributed by atoms with Gasteiger partial charge >= 0.3 is 24.3 Å². The predicted octanol–water partition coefficient (Wildman–Crippen LogP) is 2.32. The van der Waals surface area contributed by atoms with Gasteiger partial charge in [0.1, 0.15) is 11.5 Å². The van der Waals surface area contributed by atoms with Gasteiger partial charge in [-0.2, -0.15) is 0 Å². The van der Waals surface area contributed by atoms with E-state index in [0.29, 0.717) is 6.42 Å². The lowest BCUT2D eigenvalue weighted by molar-refractivity contribution is -0.274. The zero-order valence-electron chi connectivity index (χ0n) is 19.0. The van der Waals surface area contributed by atoms with Crippen LogP contribution in [-0.2, 0) is 6.54 Å². The fourth-order valence-corrected chi connectivity index (χ4v) is 3.99. The number of carbonyl (C=O) groups is 2. The van der Waals surface area contributed by atoms with E-state index in [-0.39, 0.29) is 36.4 Å². The Hall–Kier alpha value is -4.37. The highest BCUT2D eigenvalue weighted by atomic mass is 19.4. The molecule has 3 heterocycles. The molecule has 1 saturated heterocycles. The number of amides is 2. The van der Waals surface area contributed by atoms with Crippen LogP contribution in [0.5, 0.6) is 11.5 Å². The number of nitrogens with one attached hydrogen (secondary N) is 1. The first-order valence-corrected chi connectivity index (χ1v) is 11.2. The molecule has 2 amide bonds. The third-order valence-electron chi connectivity index (χ3n) is 5.72. The number of aromatic nitrogens is 5. The Bertz CT molecular complexity index is 1280. The van der Waals surface area contributed by atoms with Crippen LogP contribution in [0.25, 0.3) is 11.5 Å². The molecule has 1 aliphatic carbocycles. The van der Waals surface area contributed by atoms with E-state index in [0.717, 1.165) is 25.0 Å². The first-order valence-electron chi connectivity index (χ1n) is 11.2. The summed E-state index contributed by atoms with van der Waals surface area (Å²) in [7, 11) is 0. The lowest BCUT2D eigenvalue weighted by Crippen LogP contribution is -2.39. The molecular formula is C21H20F3N7O6. The summed E-state index contributed by atoms with van der Waals surface area (Å²) in [5.74, 6) is -1.76. The van der Waals surface area contributed by atoms with Crippen molar-refractivity contribution in [1.82, 2.24) is 35.4 Å². The number of hydrogen-bond acceptors (Lipinski definition) is 9. The number of halogens is 3. The second-order valence-electron chi connectivity index (χ2n) is 8.56. The number of rotatable bonds is 8. The van der Waals surface area contributed by atoms with Crippen LogP contribution in [-0.4, -0.2) is 78.3 Å². The van der Waals surface area contributed by atoms with Crippen molar-refractivity contribution in [3.63, 3.8) is 0 Å². The molecule has 1 saturated carbocycles. The smallest absolute Gasteiger partial charge is 0.490 e. The Morgan fingerprint density at radius 1 is 1.24 bits per heavy atom. The van der Waals surface area contributed by atoms with Gasteiger partial charge in [0.25, 0.3) is 5.89 Å². The quantitative estimate of drug-likeness (QED) is 0.449. The van der Waals surface area contributed by atoms with Gasteiger partial charge in [-0.3, -0.25) is 9.48 Å². The zero-order chi connectivity index (χ0) is 26.2. The minimum Gasteiger partial charge on any atom is -0.490 e. The highest BCUT2D eigenvalue weighted by Gasteiger charge is 2.37. The van der Waals surface area contributed by atoms with Crippen LogP contribution in [0.2, 0.25) is 0 Å². The molecule has 3 aromatic rings. The van der Waals surface area contributed by atoms with Crippen molar-refractivity contribution in [3.05, 3.63) is 36.5 Å². The maximum Gasteiger partial charge on any atom is 0.573 e. The summed E-state index contributed by atoms with van der Waals surface area (Å²) in [5.41, 5.74) is 0.0333. The van der Waals surface area contributed by atoms with Crippen LogP contribution < -0.4 is 14.8 Å². The number of hydrogen-bond donors (Lipinski definition) is 2. The Morgan fingerprint density at radius 3 is 2.73 bits per heavy atom. The summed E-state index contributed by atoms with van der Waals surface area (Å²) in [4.78, 5) is 25.6. The van der Waals surface area contributed by atoms with Crippen LogP contribution in [0.1, 0.15) is 29.9 Å². The summed E-state index contributed by atoms with van der Waals surface area (Å²) in [6.07, 6.45) is -1.17. The standard InChI is InChI=1S/C21H20F3N7O6/c22-21(23,24)37-14-3-4-16(35-13-1-2-13)15(8-14)18-27-28-19(36-18)17(32)26-11-7-12(31(9-11)20(33)34)10-30-6-5-25-29-30/h3-6,8,11-13H,1-2,7,9-10H2,(H,26,32)(H,33,34)/t11-,12+/m1/s1. The van der Waals surface area contributed by atoms with Gasteiger partial charge in [-0.1, -0.05) is 5.21 Å². The minimum absolute atomic E-state index is 0.0254. The van der Waals surface area contributed by atoms with Crippen molar-refractivity contribution >= 4 is 12.0 Å². The molecule has 2 N–H and O–H groups in total. The van der Waals surface area contributed by atoms with Crippen molar-refractivity contribution in [2.24, 2.45) is 0 Å². The van der Waals surface area contributed by atoms with E-state index in [2.05, 4.69) is 30.6 Å². The monoisotopic (exact) mass is 523 g/mol. The number of nitrogens with zero attached hydrogens (tertiary/aromatic N) is 6. The first-order chi connectivity index (χ1) is 17.6. The van der Waals surface area contributed by atoms with Crippen LogP contribution in [0.15, 0.2) is 35.0 Å². The van der Waals surface area contributed by atoms with Gasteiger partial charge in [0.2, 0.25) is 0 Å². The Labute approximate surface area is 206 Å². The lowest BCUT2D eigenvalue weighted by Gasteiger charge is -2.20. The fourth-order valence-electron chi connectivity index (χ4n) is 3.99. The minimum atomic E-state index is -4.91. The molecule has 2 aliphatic rings. The van der Waals surface area contributed by atoms with Gasteiger partial charge in [-0.05, 0) is 37.5 Å². The number of likely N-dealkylation sites (tertiary alicyclic amines) is 1. The SMILES string of the molecule is O=C(N[C@@H]1C[C@@H](Cn2ccnn2)N(C(=O)O)C1)c1nnc(-c2cc(OC(F)(F)F)ccc2OC2CC2)o1. The molecule has 0 spiro atoms. The molecule has 0 unspecified atom stereocenters. The van der Waals surface area contributed by atoms with E-state index in [4.69, 9.17) is 9.15 Å². The highest BCUT2D eigenvalue weighted by Crippen LogP contribution is 2.38. The van der Waals surface area contributed by atoms with E-state index in [1.165, 1.54) is 21.8 Å². The Morgan fingerprint density at radius 2 is 2.05 bits per heavy atom. The second kappa shape index (κ2) is 9.59. The van der Waals surface area contributed by atoms with Gasteiger partial charge in [-0.15, -0.1) is 28.5 Å². The molecule has 0 bridgehead atoms. The average molecular weight is 523 g/mol. The fraction of sp³-hybridized carbons (Fsp3) is 0.429. The van der Waals surface area contributed by atoms with Crippen molar-refractivity contribution < 1.29 is 41.8 Å². The van der Waals surface area contributed by atoms with Crippen molar-refractivity contribution in [3.8, 4) is 23.0 Å². The van der Waals surface area contributed by atoms with E-state index in [1.807, 2.05) is 0 Å². The maximum absolute atomic E-state index is 12.8. The van der Waals surface area contributed by atoms with Crippen LogP contribution >= 0.6 is 0 Å². The molecule has 13 nitrogen and oxygen atoms in total. The van der Waals surface area contributed by atoms with Crippen LogP contribution in [0.4, 0.5) is 18.0 Å². The summed E-state index contributed by atoms with van der Waals surface area (Å²) in [6, 6.07) is 2.43. The molecule has 1 aromatic carbocycles. The predicted molar refractivity (Wildman–Crippen MR) is 114 cm³/mol. The number of carbonyl (C=O) groups excluding carboxylic acids is 1. The highest BCUT2D eigenvalue weighted by molar-refractivity contribution is 5.90. The average Bonchev–Trinajstić information content (AvgIpc) is 3.20. The second-order valence-corrected chi connectivity index (χ2v) is 8.56. The van der Waals surface area contributed by atoms with Crippen molar-refractivity contribution in [2.75, 3.05) is 6.54 Å². The molecule has 16 heteroatoms. The Balaban J connectivity index is 1.30. The molecule has 2 aromatic heterocycles. The first kappa shape index (κ1) is 24.3. The van der Waals surface area contributed by atoms with Crippen LogP contribution in [0, 0.1) is 0 Å². The molecule has 0 radical (unpaired) electrons. The van der Waals surface area contributed by atoms with E-state index >= 15 is 0 Å². The third-order valence-corrected chi connectivity index (χ3v) is 5.72. The third kappa shape index (κ3) is 5.90. The molecule has 1 aliphatic heterocycles. The largest absolute Gasteiger partial charge is 0.573 e. The number of alkyl halides is 3. The molecule has 2 fully saturated rings. The summed E-state index contributed by atoms with van der Waals surface area (Å²) in [5, 5.41) is 27.2. The van der Waals surface area contributed by atoms with Gasteiger partial charge in [0.05, 0.1) is 30.5 Å². The molecule has 196 valence electrons. The topological polar surface area (TPSA) is 158 Å². The summed E-state index contributed by atoms with van der Waals surface area (Å²) in [6.45, 7) is 0.279. The van der Waals surface area contributed by atoms with E-state index < -0.39 is 42.1 Å². The molecule has 37 heavy (non-hydrogen) atoms. The van der Waals surface area contributed by atoms with Crippen molar-refractivity contribution in [1.29, 1.82) is 0 Å². The van der Waals surface area contributed by atoms with Gasteiger partial charge in [0, 0.05) is 18.8 Å². The van der Waals surface area contributed by atoms with Gasteiger partial charge in [0.15, 0.2) is 0 Å². The zero-order valence-corrected chi connectivity index (χ0v) is 19.0. The Kier molecular flexibility index (Phi) is 6.31. The van der Waals surface area contributed by atoms with E-state index in [1.54, 1.807) is 6.20 Å². The molecular weight excluding hydrogens is 503 g/mol. The normalized spacial score (nSPS) is 19.6. The van der Waals surface area contributed by atoms with Gasteiger partial charge < -0.3 is 29.2 Å². The lowest BCUT2D eigenvalue weighted by atomic mass is 10.1. The number of benzene rings is 1. The van der Waals surface area contributed by atoms with E-state index in [9.17, 15) is 27.9 Å². The van der Waals surface area contributed by atoms with Gasteiger partial charge in [-0.25, -0.2) is 4.79 Å².